The van der Waals surface area contributed by atoms with Gasteiger partial charge in [-0.25, -0.2) is 9.82 Å². The summed E-state index contributed by atoms with van der Waals surface area (Å²) in [6.07, 6.45) is -3.40. The molecule has 0 heterocycles. The van der Waals surface area contributed by atoms with E-state index in [1.54, 1.807) is 0 Å². The summed E-state index contributed by atoms with van der Waals surface area (Å²) in [5.74, 6) is -3.47. The zero-order valence-electron chi connectivity index (χ0n) is 18.3. The molecular weight excluding hydrogens is 484 g/mol. The van der Waals surface area contributed by atoms with Gasteiger partial charge in [0.05, 0.1) is 23.2 Å². The van der Waals surface area contributed by atoms with Crippen molar-refractivity contribution in [1.82, 2.24) is 5.43 Å². The highest BCUT2D eigenvalue weighted by Crippen LogP contribution is 2.34. The molecule has 3 amide bonds. The lowest BCUT2D eigenvalue weighted by atomic mass is 10.1. The molecular formula is C24H18F4N4O4. The van der Waals surface area contributed by atoms with E-state index in [0.29, 0.717) is 5.56 Å². The molecule has 0 atom stereocenters. The quantitative estimate of drug-likeness (QED) is 0.197. The Hall–Kier alpha value is -4.74. The van der Waals surface area contributed by atoms with Crippen molar-refractivity contribution >= 4 is 35.3 Å². The standard InChI is InChI=1S/C24H18F4N4O4/c25-18-6-2-4-8-20(18)31-22(34)23(35)32-29-13-15-9-11-16(12-10-15)36-14-21(33)30-19-7-3-1-5-17(19)24(26,27)28/h1-13H,14H2,(H,30,33)(H,31,34)(H,32,35)/b29-13-. The number of alkyl halides is 3. The van der Waals surface area contributed by atoms with Crippen LogP contribution in [0.3, 0.4) is 0 Å². The monoisotopic (exact) mass is 502 g/mol. The van der Waals surface area contributed by atoms with Gasteiger partial charge in [0.25, 0.3) is 5.91 Å². The zero-order chi connectivity index (χ0) is 26.1. The predicted octanol–water partition coefficient (Wildman–Crippen LogP) is 3.95. The third-order valence-electron chi connectivity index (χ3n) is 4.46. The maximum Gasteiger partial charge on any atom is 0.418 e. The smallest absolute Gasteiger partial charge is 0.418 e. The van der Waals surface area contributed by atoms with E-state index >= 15 is 0 Å². The Kier molecular flexibility index (Phi) is 8.34. The molecule has 0 radical (unpaired) electrons. The largest absolute Gasteiger partial charge is 0.484 e. The van der Waals surface area contributed by atoms with Gasteiger partial charge in [-0.15, -0.1) is 0 Å². The van der Waals surface area contributed by atoms with Crippen LogP contribution in [-0.4, -0.2) is 30.5 Å². The number of para-hydroxylation sites is 2. The number of hydrogen-bond acceptors (Lipinski definition) is 5. The Morgan fingerprint density at radius 2 is 1.47 bits per heavy atom. The highest BCUT2D eigenvalue weighted by Gasteiger charge is 2.33. The molecule has 0 aliphatic heterocycles. The van der Waals surface area contributed by atoms with Gasteiger partial charge in [0.2, 0.25) is 0 Å². The van der Waals surface area contributed by atoms with E-state index < -0.39 is 41.9 Å². The van der Waals surface area contributed by atoms with Crippen LogP contribution < -0.4 is 20.8 Å². The first-order valence-corrected chi connectivity index (χ1v) is 10.2. The molecule has 0 saturated carbocycles. The highest BCUT2D eigenvalue weighted by molar-refractivity contribution is 6.39. The fraction of sp³-hybridized carbons (Fsp3) is 0.0833. The number of carbonyl (C=O) groups excluding carboxylic acids is 3. The van der Waals surface area contributed by atoms with Gasteiger partial charge in [-0.05, 0) is 54.1 Å². The Morgan fingerprint density at radius 3 is 2.14 bits per heavy atom. The van der Waals surface area contributed by atoms with Crippen molar-refractivity contribution in [3.8, 4) is 5.75 Å². The van der Waals surface area contributed by atoms with Crippen LogP contribution in [0.25, 0.3) is 0 Å². The van der Waals surface area contributed by atoms with E-state index in [2.05, 4.69) is 15.7 Å². The summed E-state index contributed by atoms with van der Waals surface area (Å²) >= 11 is 0. The van der Waals surface area contributed by atoms with Gasteiger partial charge in [0.1, 0.15) is 11.6 Å². The average molecular weight is 502 g/mol. The van der Waals surface area contributed by atoms with Crippen LogP contribution in [0.2, 0.25) is 0 Å². The average Bonchev–Trinajstić information content (AvgIpc) is 2.84. The van der Waals surface area contributed by atoms with Crippen molar-refractivity contribution in [3.05, 3.63) is 89.7 Å². The maximum absolute atomic E-state index is 13.5. The minimum Gasteiger partial charge on any atom is -0.484 e. The summed E-state index contributed by atoms with van der Waals surface area (Å²) in [5.41, 5.74) is 0.972. The van der Waals surface area contributed by atoms with Gasteiger partial charge in [-0.2, -0.15) is 18.3 Å². The molecule has 12 heteroatoms. The van der Waals surface area contributed by atoms with E-state index in [0.717, 1.165) is 18.2 Å². The van der Waals surface area contributed by atoms with Crippen LogP contribution in [-0.2, 0) is 20.6 Å². The number of hydrogen-bond donors (Lipinski definition) is 3. The fourth-order valence-electron chi connectivity index (χ4n) is 2.78. The van der Waals surface area contributed by atoms with Crippen molar-refractivity contribution in [1.29, 1.82) is 0 Å². The third kappa shape index (κ3) is 7.38. The number of anilines is 2. The number of halogens is 4. The van der Waals surface area contributed by atoms with E-state index in [-0.39, 0.29) is 17.1 Å². The maximum atomic E-state index is 13.5. The van der Waals surface area contributed by atoms with Crippen LogP contribution in [0.4, 0.5) is 28.9 Å². The van der Waals surface area contributed by atoms with Crippen molar-refractivity contribution in [2.75, 3.05) is 17.2 Å². The molecule has 0 saturated heterocycles. The van der Waals surface area contributed by atoms with Crippen molar-refractivity contribution in [2.45, 2.75) is 6.18 Å². The van der Waals surface area contributed by atoms with Crippen LogP contribution >= 0.6 is 0 Å². The highest BCUT2D eigenvalue weighted by atomic mass is 19.4. The number of rotatable bonds is 7. The second-order valence-corrected chi connectivity index (χ2v) is 7.08. The lowest BCUT2D eigenvalue weighted by Crippen LogP contribution is -2.32. The van der Waals surface area contributed by atoms with E-state index in [1.165, 1.54) is 60.8 Å². The summed E-state index contributed by atoms with van der Waals surface area (Å²) in [7, 11) is 0. The molecule has 0 aliphatic rings. The fourth-order valence-corrected chi connectivity index (χ4v) is 2.78. The molecule has 0 bridgehead atoms. The van der Waals surface area contributed by atoms with E-state index in [4.69, 9.17) is 4.74 Å². The third-order valence-corrected chi connectivity index (χ3v) is 4.46. The number of hydrazone groups is 1. The second kappa shape index (κ2) is 11.6. The Morgan fingerprint density at radius 1 is 0.833 bits per heavy atom. The molecule has 0 aromatic heterocycles. The Balaban J connectivity index is 1.47. The summed E-state index contributed by atoms with van der Waals surface area (Å²) in [6.45, 7) is -0.535. The lowest BCUT2D eigenvalue weighted by molar-refractivity contribution is -0.137. The molecule has 0 fully saturated rings. The van der Waals surface area contributed by atoms with Gasteiger partial charge < -0.3 is 15.4 Å². The first kappa shape index (κ1) is 25.9. The number of carbonyl (C=O) groups is 3. The summed E-state index contributed by atoms with van der Waals surface area (Å²) in [5, 5.41) is 7.91. The number of amides is 3. The van der Waals surface area contributed by atoms with Gasteiger partial charge >= 0.3 is 18.0 Å². The minimum absolute atomic E-state index is 0.157. The lowest BCUT2D eigenvalue weighted by Gasteiger charge is -2.13. The molecule has 0 spiro atoms. The molecule has 3 aromatic carbocycles. The first-order chi connectivity index (χ1) is 17.1. The summed E-state index contributed by atoms with van der Waals surface area (Å²) in [6, 6.07) is 15.9. The van der Waals surface area contributed by atoms with Crippen LogP contribution in [0.1, 0.15) is 11.1 Å². The van der Waals surface area contributed by atoms with Crippen LogP contribution in [0, 0.1) is 5.82 Å². The molecule has 3 rings (SSSR count). The van der Waals surface area contributed by atoms with Crippen LogP contribution in [0.15, 0.2) is 77.9 Å². The number of nitrogens with zero attached hydrogens (tertiary/aromatic N) is 1. The van der Waals surface area contributed by atoms with Gasteiger partial charge in [0, 0.05) is 0 Å². The normalized spacial score (nSPS) is 11.1. The number of nitrogens with one attached hydrogen (secondary N) is 3. The van der Waals surface area contributed by atoms with Crippen molar-refractivity contribution in [2.24, 2.45) is 5.10 Å². The molecule has 3 N–H and O–H groups in total. The minimum atomic E-state index is -4.62. The number of benzene rings is 3. The van der Waals surface area contributed by atoms with Gasteiger partial charge in [-0.1, -0.05) is 24.3 Å². The van der Waals surface area contributed by atoms with Crippen molar-refractivity contribution in [3.63, 3.8) is 0 Å². The predicted molar refractivity (Wildman–Crippen MR) is 123 cm³/mol. The Bertz CT molecular complexity index is 1280. The molecule has 36 heavy (non-hydrogen) atoms. The summed E-state index contributed by atoms with van der Waals surface area (Å²) < 4.78 is 57.8. The topological polar surface area (TPSA) is 109 Å². The molecule has 3 aromatic rings. The van der Waals surface area contributed by atoms with E-state index in [1.807, 2.05) is 5.43 Å². The molecule has 0 unspecified atom stereocenters. The van der Waals surface area contributed by atoms with Gasteiger partial charge in [0.15, 0.2) is 6.61 Å². The van der Waals surface area contributed by atoms with E-state index in [9.17, 15) is 31.9 Å². The SMILES string of the molecule is O=C(COc1ccc(/C=N\NC(=O)C(=O)Nc2ccccc2F)cc1)Nc1ccccc1C(F)(F)F. The van der Waals surface area contributed by atoms with Crippen LogP contribution in [0.5, 0.6) is 5.75 Å². The second-order valence-electron chi connectivity index (χ2n) is 7.08. The number of ether oxygens (including phenoxy) is 1. The van der Waals surface area contributed by atoms with Gasteiger partial charge in [-0.3, -0.25) is 14.4 Å². The zero-order valence-corrected chi connectivity index (χ0v) is 18.3. The Labute approximate surface area is 202 Å². The molecule has 186 valence electrons. The molecule has 0 aliphatic carbocycles. The van der Waals surface area contributed by atoms with Crippen molar-refractivity contribution < 1.29 is 36.7 Å². The molecule has 8 nitrogen and oxygen atoms in total. The first-order valence-electron chi connectivity index (χ1n) is 10.2. The summed E-state index contributed by atoms with van der Waals surface area (Å²) in [4.78, 5) is 35.6.